The van der Waals surface area contributed by atoms with Crippen molar-refractivity contribution < 1.29 is 27.4 Å². The Morgan fingerprint density at radius 3 is 2.76 bits per heavy atom. The van der Waals surface area contributed by atoms with Crippen LogP contribution in [0.15, 0.2) is 36.8 Å². The van der Waals surface area contributed by atoms with Gasteiger partial charge in [-0.15, -0.1) is 0 Å². The number of carbonyl (C=O) groups excluding carboxylic acids is 1. The van der Waals surface area contributed by atoms with Crippen molar-refractivity contribution in [1.82, 2.24) is 14.9 Å². The quantitative estimate of drug-likeness (QED) is 0.731. The van der Waals surface area contributed by atoms with E-state index in [9.17, 15) is 18.0 Å². The third-order valence-electron chi connectivity index (χ3n) is 4.89. The Kier molecular flexibility index (Phi) is 6.56. The van der Waals surface area contributed by atoms with Crippen LogP contribution in [0.3, 0.4) is 0 Å². The van der Waals surface area contributed by atoms with Gasteiger partial charge in [-0.1, -0.05) is 0 Å². The predicted octanol–water partition coefficient (Wildman–Crippen LogP) is 3.51. The first kappa shape index (κ1) is 20.9. The molecule has 0 N–H and O–H groups in total. The molecule has 1 amide bonds. The van der Waals surface area contributed by atoms with Crippen LogP contribution in [0, 0.1) is 0 Å². The zero-order chi connectivity index (χ0) is 20.9. The van der Waals surface area contributed by atoms with Crippen LogP contribution in [0.5, 0.6) is 11.6 Å². The molecule has 3 rings (SSSR count). The molecule has 0 bridgehead atoms. The van der Waals surface area contributed by atoms with Gasteiger partial charge in [-0.2, -0.15) is 13.2 Å². The van der Waals surface area contributed by atoms with E-state index in [1.165, 1.54) is 0 Å². The Morgan fingerprint density at radius 1 is 1.24 bits per heavy atom. The van der Waals surface area contributed by atoms with E-state index >= 15 is 0 Å². The Balaban J connectivity index is 1.62. The SMILES string of the molecule is COc1ccncc1CC1CCCCN1C(=O)COc1ccc(C(F)(F)F)cn1. The molecule has 6 nitrogen and oxygen atoms in total. The van der Waals surface area contributed by atoms with E-state index in [-0.39, 0.29) is 24.4 Å². The third kappa shape index (κ3) is 5.36. The number of rotatable bonds is 6. The van der Waals surface area contributed by atoms with Crippen molar-refractivity contribution in [1.29, 1.82) is 0 Å². The number of hydrogen-bond donors (Lipinski definition) is 0. The highest BCUT2D eigenvalue weighted by Crippen LogP contribution is 2.29. The topological polar surface area (TPSA) is 64.5 Å². The van der Waals surface area contributed by atoms with E-state index in [2.05, 4.69) is 9.97 Å². The Labute approximate surface area is 166 Å². The lowest BCUT2D eigenvalue weighted by atomic mass is 9.96. The number of halogens is 3. The average Bonchev–Trinajstić information content (AvgIpc) is 2.72. The Bertz CT molecular complexity index is 828. The molecule has 0 aliphatic carbocycles. The zero-order valence-electron chi connectivity index (χ0n) is 16.0. The molecular weight excluding hydrogens is 387 g/mol. The molecule has 1 saturated heterocycles. The number of ether oxygens (including phenoxy) is 2. The van der Waals surface area contributed by atoms with Crippen LogP contribution in [0.25, 0.3) is 0 Å². The second-order valence-corrected chi connectivity index (χ2v) is 6.80. The monoisotopic (exact) mass is 409 g/mol. The second kappa shape index (κ2) is 9.11. The Hall–Kier alpha value is -2.84. The van der Waals surface area contributed by atoms with Gasteiger partial charge in [0.25, 0.3) is 5.91 Å². The van der Waals surface area contributed by atoms with Gasteiger partial charge in [0.05, 0.1) is 12.7 Å². The van der Waals surface area contributed by atoms with Crippen molar-refractivity contribution in [3.05, 3.63) is 47.9 Å². The van der Waals surface area contributed by atoms with Crippen molar-refractivity contribution in [3.8, 4) is 11.6 Å². The molecule has 1 atom stereocenters. The first-order valence-electron chi connectivity index (χ1n) is 9.31. The number of hydrogen-bond acceptors (Lipinski definition) is 5. The number of pyridine rings is 2. The highest BCUT2D eigenvalue weighted by molar-refractivity contribution is 5.78. The normalized spacial score (nSPS) is 17.1. The van der Waals surface area contributed by atoms with Crippen LogP contribution in [0.2, 0.25) is 0 Å². The van der Waals surface area contributed by atoms with Crippen molar-refractivity contribution in [2.24, 2.45) is 0 Å². The fraction of sp³-hybridized carbons (Fsp3) is 0.450. The van der Waals surface area contributed by atoms with E-state index in [1.54, 1.807) is 30.5 Å². The number of nitrogens with zero attached hydrogens (tertiary/aromatic N) is 3. The van der Waals surface area contributed by atoms with Gasteiger partial charge in [-0.25, -0.2) is 4.98 Å². The summed E-state index contributed by atoms with van der Waals surface area (Å²) in [6.45, 7) is 0.328. The molecule has 3 heterocycles. The van der Waals surface area contributed by atoms with Gasteiger partial charge in [0.1, 0.15) is 5.75 Å². The van der Waals surface area contributed by atoms with Gasteiger partial charge in [0.2, 0.25) is 5.88 Å². The van der Waals surface area contributed by atoms with E-state index < -0.39 is 11.7 Å². The van der Waals surface area contributed by atoms with Gasteiger partial charge in [0, 0.05) is 42.8 Å². The van der Waals surface area contributed by atoms with Gasteiger partial charge in [-0.05, 0) is 37.8 Å². The van der Waals surface area contributed by atoms with Crippen molar-refractivity contribution >= 4 is 5.91 Å². The van der Waals surface area contributed by atoms with Crippen LogP contribution < -0.4 is 9.47 Å². The number of likely N-dealkylation sites (tertiary alicyclic amines) is 1. The van der Waals surface area contributed by atoms with Crippen LogP contribution in [0.1, 0.15) is 30.4 Å². The zero-order valence-corrected chi connectivity index (χ0v) is 16.0. The standard InChI is InChI=1S/C20H22F3N3O3/c1-28-17-7-8-24-11-14(17)10-16-4-2-3-9-26(16)19(27)13-29-18-6-5-15(12-25-18)20(21,22)23/h5-8,11-12,16H,2-4,9-10,13H2,1H3. The maximum Gasteiger partial charge on any atom is 0.417 e. The highest BCUT2D eigenvalue weighted by Gasteiger charge is 2.31. The molecule has 1 aliphatic rings. The maximum atomic E-state index is 12.7. The number of aromatic nitrogens is 2. The summed E-state index contributed by atoms with van der Waals surface area (Å²) in [4.78, 5) is 22.2. The molecule has 1 fully saturated rings. The number of amides is 1. The van der Waals surface area contributed by atoms with Gasteiger partial charge in [-0.3, -0.25) is 9.78 Å². The summed E-state index contributed by atoms with van der Waals surface area (Å²) in [6.07, 6.45) is 2.98. The third-order valence-corrected chi connectivity index (χ3v) is 4.89. The maximum absolute atomic E-state index is 12.7. The molecule has 2 aromatic heterocycles. The molecule has 156 valence electrons. The van der Waals surface area contributed by atoms with Crippen LogP contribution >= 0.6 is 0 Å². The minimum absolute atomic E-state index is 0.0153. The number of methoxy groups -OCH3 is 1. The van der Waals surface area contributed by atoms with Crippen LogP contribution in [-0.4, -0.2) is 47.1 Å². The van der Waals surface area contributed by atoms with E-state index in [0.29, 0.717) is 19.2 Å². The van der Waals surface area contributed by atoms with Crippen LogP contribution in [-0.2, 0) is 17.4 Å². The summed E-state index contributed by atoms with van der Waals surface area (Å²) in [5.74, 6) is 0.483. The molecule has 29 heavy (non-hydrogen) atoms. The molecule has 0 spiro atoms. The molecule has 0 saturated carbocycles. The summed E-state index contributed by atoms with van der Waals surface area (Å²) in [7, 11) is 1.59. The van der Waals surface area contributed by atoms with E-state index in [0.717, 1.165) is 42.7 Å². The second-order valence-electron chi connectivity index (χ2n) is 6.80. The minimum atomic E-state index is -4.46. The molecular formula is C20H22F3N3O3. The molecule has 0 radical (unpaired) electrons. The summed E-state index contributed by atoms with van der Waals surface area (Å²) < 4.78 is 48.5. The molecule has 2 aromatic rings. The summed E-state index contributed by atoms with van der Waals surface area (Å²) in [5.41, 5.74) is 0.0581. The van der Waals surface area contributed by atoms with Crippen LogP contribution in [0.4, 0.5) is 13.2 Å². The lowest BCUT2D eigenvalue weighted by Gasteiger charge is -2.36. The lowest BCUT2D eigenvalue weighted by molar-refractivity contribution is -0.138. The minimum Gasteiger partial charge on any atom is -0.496 e. The lowest BCUT2D eigenvalue weighted by Crippen LogP contribution is -2.46. The predicted molar refractivity (Wildman–Crippen MR) is 98.6 cm³/mol. The first-order chi connectivity index (χ1) is 13.9. The fourth-order valence-electron chi connectivity index (χ4n) is 3.41. The number of carbonyl (C=O) groups is 1. The average molecular weight is 409 g/mol. The first-order valence-corrected chi connectivity index (χ1v) is 9.31. The van der Waals surface area contributed by atoms with Crippen molar-refractivity contribution in [2.75, 3.05) is 20.3 Å². The molecule has 1 aliphatic heterocycles. The largest absolute Gasteiger partial charge is 0.496 e. The molecule has 9 heteroatoms. The fourth-order valence-corrected chi connectivity index (χ4v) is 3.41. The van der Waals surface area contributed by atoms with E-state index in [1.807, 2.05) is 0 Å². The smallest absolute Gasteiger partial charge is 0.417 e. The summed E-state index contributed by atoms with van der Waals surface area (Å²) in [5, 5.41) is 0. The molecule has 1 unspecified atom stereocenters. The van der Waals surface area contributed by atoms with Crippen molar-refractivity contribution in [2.45, 2.75) is 37.9 Å². The van der Waals surface area contributed by atoms with E-state index in [4.69, 9.17) is 9.47 Å². The van der Waals surface area contributed by atoms with Gasteiger partial charge in [0.15, 0.2) is 6.61 Å². The molecule has 0 aromatic carbocycles. The number of piperidine rings is 1. The number of alkyl halides is 3. The van der Waals surface area contributed by atoms with Gasteiger partial charge < -0.3 is 14.4 Å². The summed E-state index contributed by atoms with van der Waals surface area (Å²) in [6, 6.07) is 3.76. The van der Waals surface area contributed by atoms with Gasteiger partial charge >= 0.3 is 6.18 Å². The highest BCUT2D eigenvalue weighted by atomic mass is 19.4. The van der Waals surface area contributed by atoms with Crippen molar-refractivity contribution in [3.63, 3.8) is 0 Å². The Morgan fingerprint density at radius 2 is 2.07 bits per heavy atom. The summed E-state index contributed by atoms with van der Waals surface area (Å²) >= 11 is 0.